The molecule has 0 radical (unpaired) electrons. The molecule has 0 saturated carbocycles. The van der Waals surface area contributed by atoms with Crippen LogP contribution in [0, 0.1) is 0 Å². The van der Waals surface area contributed by atoms with Crippen LogP contribution in [0.5, 0.6) is 0 Å². The monoisotopic (exact) mass is 259 g/mol. The van der Waals surface area contributed by atoms with E-state index in [2.05, 4.69) is 20.3 Å². The standard InChI is InChI=1S/C10H18ClN5O/c1-5-16(7(2)6-17-4)10-14-8(11)13-9(12-3)15-10/h7H,5-6H2,1-4H3,(H,12,13,14,15). The Kier molecular flexibility index (Phi) is 5.37. The molecule has 7 heteroatoms. The fourth-order valence-corrected chi connectivity index (χ4v) is 1.72. The van der Waals surface area contributed by atoms with Crippen LogP contribution in [-0.4, -0.2) is 48.3 Å². The van der Waals surface area contributed by atoms with Gasteiger partial charge in [0.1, 0.15) is 0 Å². The lowest BCUT2D eigenvalue weighted by atomic mass is 10.3. The summed E-state index contributed by atoms with van der Waals surface area (Å²) in [5.74, 6) is 1.02. The highest BCUT2D eigenvalue weighted by molar-refractivity contribution is 6.28. The van der Waals surface area contributed by atoms with Gasteiger partial charge in [-0.05, 0) is 25.4 Å². The maximum atomic E-state index is 5.85. The van der Waals surface area contributed by atoms with E-state index >= 15 is 0 Å². The molecular formula is C10H18ClN5O. The molecule has 0 aliphatic rings. The number of nitrogens with one attached hydrogen (secondary N) is 1. The van der Waals surface area contributed by atoms with Crippen molar-refractivity contribution in [2.75, 3.05) is 37.5 Å². The number of anilines is 2. The van der Waals surface area contributed by atoms with Crippen LogP contribution in [0.25, 0.3) is 0 Å². The van der Waals surface area contributed by atoms with Crippen LogP contribution >= 0.6 is 11.6 Å². The summed E-state index contributed by atoms with van der Waals surface area (Å²) in [6, 6.07) is 0.174. The molecule has 0 spiro atoms. The molecule has 0 aromatic carbocycles. The first-order chi connectivity index (χ1) is 8.12. The second-order valence-corrected chi connectivity index (χ2v) is 3.91. The molecule has 0 amide bonds. The molecule has 0 aliphatic heterocycles. The second-order valence-electron chi connectivity index (χ2n) is 3.57. The number of rotatable bonds is 6. The average Bonchev–Trinajstić information content (AvgIpc) is 2.29. The van der Waals surface area contributed by atoms with Crippen LogP contribution in [0.4, 0.5) is 11.9 Å². The molecule has 1 N–H and O–H groups in total. The van der Waals surface area contributed by atoms with Crippen molar-refractivity contribution in [1.29, 1.82) is 0 Å². The third kappa shape index (κ3) is 3.67. The van der Waals surface area contributed by atoms with Crippen LogP contribution in [-0.2, 0) is 4.74 Å². The van der Waals surface area contributed by atoms with E-state index in [1.165, 1.54) is 0 Å². The molecule has 17 heavy (non-hydrogen) atoms. The van der Waals surface area contributed by atoms with Crippen molar-refractivity contribution in [3.63, 3.8) is 0 Å². The molecular weight excluding hydrogens is 242 g/mol. The number of halogens is 1. The smallest absolute Gasteiger partial charge is 0.231 e. The van der Waals surface area contributed by atoms with Gasteiger partial charge in [-0.15, -0.1) is 0 Å². The Hall–Kier alpha value is -1.14. The predicted molar refractivity (Wildman–Crippen MR) is 68.7 cm³/mol. The Morgan fingerprint density at radius 2 is 2.12 bits per heavy atom. The molecule has 1 unspecified atom stereocenters. The predicted octanol–water partition coefficient (Wildman–Crippen LogP) is 1.43. The van der Waals surface area contributed by atoms with E-state index in [0.717, 1.165) is 6.54 Å². The molecule has 0 fully saturated rings. The van der Waals surface area contributed by atoms with Gasteiger partial charge in [-0.1, -0.05) is 0 Å². The maximum absolute atomic E-state index is 5.85. The zero-order chi connectivity index (χ0) is 12.8. The maximum Gasteiger partial charge on any atom is 0.231 e. The van der Waals surface area contributed by atoms with Gasteiger partial charge < -0.3 is 15.0 Å². The summed E-state index contributed by atoms with van der Waals surface area (Å²) < 4.78 is 5.13. The number of methoxy groups -OCH3 is 1. The van der Waals surface area contributed by atoms with E-state index in [4.69, 9.17) is 16.3 Å². The largest absolute Gasteiger partial charge is 0.383 e. The van der Waals surface area contributed by atoms with Crippen molar-refractivity contribution in [1.82, 2.24) is 15.0 Å². The average molecular weight is 260 g/mol. The zero-order valence-corrected chi connectivity index (χ0v) is 11.3. The Morgan fingerprint density at radius 1 is 1.41 bits per heavy atom. The summed E-state index contributed by atoms with van der Waals surface area (Å²) in [6.45, 7) is 5.45. The van der Waals surface area contributed by atoms with Gasteiger partial charge in [0, 0.05) is 20.7 Å². The van der Waals surface area contributed by atoms with E-state index < -0.39 is 0 Å². The van der Waals surface area contributed by atoms with Crippen LogP contribution < -0.4 is 10.2 Å². The highest BCUT2D eigenvalue weighted by atomic mass is 35.5. The minimum Gasteiger partial charge on any atom is -0.383 e. The molecule has 1 heterocycles. The van der Waals surface area contributed by atoms with Gasteiger partial charge in [-0.3, -0.25) is 0 Å². The van der Waals surface area contributed by atoms with E-state index in [1.54, 1.807) is 14.2 Å². The summed E-state index contributed by atoms with van der Waals surface area (Å²) in [7, 11) is 3.41. The fraction of sp³-hybridized carbons (Fsp3) is 0.700. The van der Waals surface area contributed by atoms with E-state index in [1.807, 2.05) is 18.7 Å². The molecule has 0 bridgehead atoms. The van der Waals surface area contributed by atoms with Crippen LogP contribution in [0.3, 0.4) is 0 Å². The fourth-order valence-electron chi connectivity index (χ4n) is 1.56. The first-order valence-electron chi connectivity index (χ1n) is 5.47. The lowest BCUT2D eigenvalue weighted by molar-refractivity contribution is 0.181. The summed E-state index contributed by atoms with van der Waals surface area (Å²) in [5, 5.41) is 3.04. The number of hydrogen-bond donors (Lipinski definition) is 1. The minimum absolute atomic E-state index is 0.174. The van der Waals surface area contributed by atoms with Gasteiger partial charge in [0.15, 0.2) is 0 Å². The normalized spacial score (nSPS) is 12.3. The zero-order valence-electron chi connectivity index (χ0n) is 10.6. The third-order valence-corrected chi connectivity index (χ3v) is 2.53. The number of hydrogen-bond acceptors (Lipinski definition) is 6. The SMILES string of the molecule is CCN(c1nc(Cl)nc(NC)n1)C(C)COC. The van der Waals surface area contributed by atoms with Crippen molar-refractivity contribution in [3.8, 4) is 0 Å². The van der Waals surface area contributed by atoms with Crippen LogP contribution in [0.15, 0.2) is 0 Å². The lowest BCUT2D eigenvalue weighted by Gasteiger charge is -2.27. The summed E-state index contributed by atoms with van der Waals surface area (Å²) in [4.78, 5) is 14.4. The summed E-state index contributed by atoms with van der Waals surface area (Å²) in [5.41, 5.74) is 0. The van der Waals surface area contributed by atoms with Crippen LogP contribution in [0.2, 0.25) is 5.28 Å². The van der Waals surface area contributed by atoms with Gasteiger partial charge >= 0.3 is 0 Å². The Balaban J connectivity index is 2.98. The highest BCUT2D eigenvalue weighted by Crippen LogP contribution is 2.15. The summed E-state index contributed by atoms with van der Waals surface area (Å²) >= 11 is 5.85. The third-order valence-electron chi connectivity index (χ3n) is 2.36. The Morgan fingerprint density at radius 3 is 2.65 bits per heavy atom. The van der Waals surface area contributed by atoms with Gasteiger partial charge in [-0.2, -0.15) is 15.0 Å². The van der Waals surface area contributed by atoms with Gasteiger partial charge in [0.05, 0.1) is 12.6 Å². The molecule has 1 rings (SSSR count). The van der Waals surface area contributed by atoms with Crippen molar-refractivity contribution in [2.24, 2.45) is 0 Å². The molecule has 1 atom stereocenters. The minimum atomic E-state index is 0.174. The molecule has 96 valence electrons. The van der Waals surface area contributed by atoms with Crippen molar-refractivity contribution < 1.29 is 4.74 Å². The number of ether oxygens (including phenoxy) is 1. The first-order valence-corrected chi connectivity index (χ1v) is 5.85. The number of likely N-dealkylation sites (N-methyl/N-ethyl adjacent to an activating group) is 1. The second kappa shape index (κ2) is 6.56. The first kappa shape index (κ1) is 13.9. The molecule has 6 nitrogen and oxygen atoms in total. The lowest BCUT2D eigenvalue weighted by Crippen LogP contribution is -2.37. The summed E-state index contributed by atoms with van der Waals surface area (Å²) in [6.07, 6.45) is 0. The van der Waals surface area contributed by atoms with Crippen molar-refractivity contribution >= 4 is 23.5 Å². The van der Waals surface area contributed by atoms with Crippen molar-refractivity contribution in [2.45, 2.75) is 19.9 Å². The Bertz CT molecular complexity index is 363. The van der Waals surface area contributed by atoms with Gasteiger partial charge in [0.2, 0.25) is 17.2 Å². The van der Waals surface area contributed by atoms with E-state index in [9.17, 15) is 0 Å². The van der Waals surface area contributed by atoms with Gasteiger partial charge in [-0.25, -0.2) is 0 Å². The highest BCUT2D eigenvalue weighted by Gasteiger charge is 2.17. The van der Waals surface area contributed by atoms with E-state index in [-0.39, 0.29) is 11.3 Å². The van der Waals surface area contributed by atoms with Crippen LogP contribution in [0.1, 0.15) is 13.8 Å². The Labute approximate surface area is 106 Å². The molecule has 1 aromatic rings. The van der Waals surface area contributed by atoms with E-state index in [0.29, 0.717) is 18.5 Å². The molecule has 0 saturated heterocycles. The molecule has 1 aromatic heterocycles. The number of nitrogens with zero attached hydrogens (tertiary/aromatic N) is 4. The quantitative estimate of drug-likeness (QED) is 0.834. The van der Waals surface area contributed by atoms with Crippen molar-refractivity contribution in [3.05, 3.63) is 5.28 Å². The topological polar surface area (TPSA) is 63.2 Å². The van der Waals surface area contributed by atoms with Gasteiger partial charge in [0.25, 0.3) is 0 Å². The number of aromatic nitrogens is 3. The molecule has 0 aliphatic carbocycles.